The normalized spacial score (nSPS) is 20.6. The van der Waals surface area contributed by atoms with Crippen LogP contribution < -0.4 is 0 Å². The molecule has 2 heterocycles. The molecule has 3 aliphatic rings. The summed E-state index contributed by atoms with van der Waals surface area (Å²) in [4.78, 5) is 22.6. The predicted octanol–water partition coefficient (Wildman–Crippen LogP) is 9.34. The molecule has 0 atom stereocenters. The number of rotatable bonds is 6. The number of aromatic amines is 1. The Hall–Kier alpha value is -2.88. The van der Waals surface area contributed by atoms with E-state index in [1.165, 1.54) is 68.2 Å². The van der Waals surface area contributed by atoms with Crippen molar-refractivity contribution >= 4 is 17.3 Å². The molecular weight excluding hydrogens is 492 g/mol. The van der Waals surface area contributed by atoms with Crippen LogP contribution in [0.15, 0.2) is 52.2 Å². The highest BCUT2D eigenvalue weighted by Gasteiger charge is 2.35. The lowest BCUT2D eigenvalue weighted by Gasteiger charge is -2.22. The molecular formula is C36H48N2O2. The SMILES string of the molecule is CCOC(=O)C1=C(C)C(=C(c2ccc(C(C)(C)C)cc2)c2[nH]c(C3CCCCC3)cc2C)N=C1C1CCCCC1. The van der Waals surface area contributed by atoms with Gasteiger partial charge >= 0.3 is 5.97 Å². The van der Waals surface area contributed by atoms with Crippen molar-refractivity contribution in [2.75, 3.05) is 6.61 Å². The predicted molar refractivity (Wildman–Crippen MR) is 166 cm³/mol. The van der Waals surface area contributed by atoms with Crippen LogP contribution in [0.2, 0.25) is 0 Å². The first-order chi connectivity index (χ1) is 19.2. The zero-order chi connectivity index (χ0) is 28.4. The summed E-state index contributed by atoms with van der Waals surface area (Å²) < 4.78 is 5.61. The van der Waals surface area contributed by atoms with Gasteiger partial charge in [0.05, 0.1) is 29.3 Å². The van der Waals surface area contributed by atoms with E-state index in [1.807, 2.05) is 6.92 Å². The van der Waals surface area contributed by atoms with Crippen LogP contribution >= 0.6 is 0 Å². The number of aromatic nitrogens is 1. The lowest BCUT2D eigenvalue weighted by Crippen LogP contribution is -2.24. The van der Waals surface area contributed by atoms with Crippen molar-refractivity contribution in [1.82, 2.24) is 4.98 Å². The Labute approximate surface area is 241 Å². The van der Waals surface area contributed by atoms with E-state index in [2.05, 4.69) is 69.9 Å². The van der Waals surface area contributed by atoms with Gasteiger partial charge in [-0.05, 0) is 86.1 Å². The Morgan fingerprint density at radius 2 is 1.52 bits per heavy atom. The first-order valence-electron chi connectivity index (χ1n) is 15.7. The quantitative estimate of drug-likeness (QED) is 0.371. The van der Waals surface area contributed by atoms with Crippen LogP contribution in [0.4, 0.5) is 0 Å². The third-order valence-corrected chi connectivity index (χ3v) is 9.30. The van der Waals surface area contributed by atoms with E-state index in [9.17, 15) is 4.79 Å². The molecule has 0 bridgehead atoms. The number of nitrogens with one attached hydrogen (secondary N) is 1. The van der Waals surface area contributed by atoms with Crippen molar-refractivity contribution in [3.8, 4) is 0 Å². The molecule has 1 aromatic carbocycles. The number of carbonyl (C=O) groups is 1. The fourth-order valence-electron chi connectivity index (χ4n) is 6.96. The van der Waals surface area contributed by atoms with Gasteiger partial charge in [0.25, 0.3) is 0 Å². The van der Waals surface area contributed by atoms with Gasteiger partial charge in [-0.25, -0.2) is 4.79 Å². The molecule has 1 N–H and O–H groups in total. The summed E-state index contributed by atoms with van der Waals surface area (Å²) >= 11 is 0. The van der Waals surface area contributed by atoms with Crippen molar-refractivity contribution in [2.45, 2.75) is 117 Å². The maximum atomic E-state index is 13.4. The number of esters is 1. The van der Waals surface area contributed by atoms with Crippen molar-refractivity contribution in [3.05, 3.63) is 75.3 Å². The highest BCUT2D eigenvalue weighted by atomic mass is 16.5. The molecule has 2 aromatic rings. The first kappa shape index (κ1) is 28.6. The molecule has 5 rings (SSSR count). The zero-order valence-electron chi connectivity index (χ0n) is 25.6. The summed E-state index contributed by atoms with van der Waals surface area (Å²) in [5, 5.41) is 0. The van der Waals surface area contributed by atoms with Gasteiger partial charge in [-0.3, -0.25) is 4.99 Å². The van der Waals surface area contributed by atoms with E-state index in [4.69, 9.17) is 9.73 Å². The van der Waals surface area contributed by atoms with Crippen LogP contribution in [0.3, 0.4) is 0 Å². The minimum absolute atomic E-state index is 0.0783. The number of carbonyl (C=O) groups excluding carboxylic acids is 1. The summed E-state index contributed by atoms with van der Waals surface area (Å²) in [5.74, 6) is 0.674. The largest absolute Gasteiger partial charge is 0.462 e. The topological polar surface area (TPSA) is 54.5 Å². The molecule has 4 heteroatoms. The average molecular weight is 541 g/mol. The van der Waals surface area contributed by atoms with Crippen molar-refractivity contribution < 1.29 is 9.53 Å². The summed E-state index contributed by atoms with van der Waals surface area (Å²) in [6, 6.07) is 11.4. The van der Waals surface area contributed by atoms with Gasteiger partial charge in [-0.15, -0.1) is 0 Å². The number of aryl methyl sites for hydroxylation is 1. The van der Waals surface area contributed by atoms with E-state index in [1.54, 1.807) is 0 Å². The third kappa shape index (κ3) is 5.78. The first-order valence-corrected chi connectivity index (χ1v) is 15.7. The fraction of sp³-hybridized carbons (Fsp3) is 0.556. The van der Waals surface area contributed by atoms with Gasteiger partial charge in [0.15, 0.2) is 0 Å². The monoisotopic (exact) mass is 540 g/mol. The molecule has 4 nitrogen and oxygen atoms in total. The van der Waals surface area contributed by atoms with Crippen molar-refractivity contribution in [3.63, 3.8) is 0 Å². The lowest BCUT2D eigenvalue weighted by molar-refractivity contribution is -0.137. The van der Waals surface area contributed by atoms with Gasteiger partial charge in [-0.2, -0.15) is 0 Å². The molecule has 2 fully saturated rings. The molecule has 0 radical (unpaired) electrons. The summed E-state index contributed by atoms with van der Waals surface area (Å²) in [7, 11) is 0. The fourth-order valence-corrected chi connectivity index (χ4v) is 6.96. The van der Waals surface area contributed by atoms with E-state index in [0.29, 0.717) is 24.0 Å². The molecule has 1 aromatic heterocycles. The molecule has 0 amide bonds. The van der Waals surface area contributed by atoms with E-state index in [-0.39, 0.29) is 11.4 Å². The molecule has 2 aliphatic carbocycles. The van der Waals surface area contributed by atoms with Crippen molar-refractivity contribution in [2.24, 2.45) is 10.9 Å². The highest BCUT2D eigenvalue weighted by molar-refractivity contribution is 6.24. The number of nitrogens with zero attached hydrogens (tertiary/aromatic N) is 1. The second-order valence-corrected chi connectivity index (χ2v) is 13.2. The molecule has 0 saturated heterocycles. The number of benzene rings is 1. The van der Waals surface area contributed by atoms with Crippen LogP contribution in [0, 0.1) is 12.8 Å². The number of allylic oxidation sites excluding steroid dienone is 1. The van der Waals surface area contributed by atoms with Gasteiger partial charge in [-0.1, -0.05) is 83.6 Å². The number of hydrogen-bond acceptors (Lipinski definition) is 3. The number of ether oxygens (including phenoxy) is 1. The Balaban J connectivity index is 1.71. The van der Waals surface area contributed by atoms with E-state index < -0.39 is 0 Å². The van der Waals surface area contributed by atoms with Crippen LogP contribution in [0.25, 0.3) is 5.57 Å². The zero-order valence-corrected chi connectivity index (χ0v) is 25.6. The number of aliphatic imine (C=N–C) groups is 1. The van der Waals surface area contributed by atoms with Gasteiger partial charge < -0.3 is 9.72 Å². The van der Waals surface area contributed by atoms with Gasteiger partial charge in [0.2, 0.25) is 0 Å². The summed E-state index contributed by atoms with van der Waals surface area (Å²) in [6.45, 7) is 13.3. The molecule has 0 spiro atoms. The van der Waals surface area contributed by atoms with Gasteiger partial charge in [0.1, 0.15) is 0 Å². The second kappa shape index (κ2) is 11.9. The minimum atomic E-state index is -0.229. The van der Waals surface area contributed by atoms with E-state index >= 15 is 0 Å². The van der Waals surface area contributed by atoms with Crippen LogP contribution in [0.1, 0.15) is 133 Å². The van der Waals surface area contributed by atoms with Crippen LogP contribution in [-0.4, -0.2) is 23.3 Å². The van der Waals surface area contributed by atoms with Crippen LogP contribution in [0.5, 0.6) is 0 Å². The highest BCUT2D eigenvalue weighted by Crippen LogP contribution is 2.42. The molecule has 2 saturated carbocycles. The maximum absolute atomic E-state index is 13.4. The lowest BCUT2D eigenvalue weighted by atomic mass is 9.82. The minimum Gasteiger partial charge on any atom is -0.462 e. The smallest absolute Gasteiger partial charge is 0.340 e. The Morgan fingerprint density at radius 1 is 0.925 bits per heavy atom. The Kier molecular flexibility index (Phi) is 8.54. The molecule has 214 valence electrons. The second-order valence-electron chi connectivity index (χ2n) is 13.2. The van der Waals surface area contributed by atoms with Crippen LogP contribution in [-0.2, 0) is 14.9 Å². The Bertz CT molecular complexity index is 1320. The van der Waals surface area contributed by atoms with E-state index in [0.717, 1.165) is 46.7 Å². The molecule has 40 heavy (non-hydrogen) atoms. The number of H-pyrrole nitrogens is 1. The van der Waals surface area contributed by atoms with Gasteiger partial charge in [0, 0.05) is 17.2 Å². The Morgan fingerprint density at radius 3 is 2.10 bits per heavy atom. The standard InChI is InChI=1S/C36H48N2O2/c1-7-40-35(39)30-24(3)33(38-34(30)27-16-12-9-13-17-27)31(26-18-20-28(21-19-26)36(4,5)6)32-23(2)22-29(37-32)25-14-10-8-11-15-25/h18-22,25,27,37H,7-17H2,1-6H3. The molecule has 1 aliphatic heterocycles. The molecule has 0 unspecified atom stereocenters. The third-order valence-electron chi connectivity index (χ3n) is 9.30. The maximum Gasteiger partial charge on any atom is 0.340 e. The summed E-state index contributed by atoms with van der Waals surface area (Å²) in [6.07, 6.45) is 12.3. The number of hydrogen-bond donors (Lipinski definition) is 1. The average Bonchev–Trinajstić information content (AvgIpc) is 3.50. The van der Waals surface area contributed by atoms with Crippen molar-refractivity contribution in [1.29, 1.82) is 0 Å². The summed E-state index contributed by atoms with van der Waals surface area (Å²) in [5.41, 5.74) is 10.9.